The molecule has 3 rings (SSSR count). The summed E-state index contributed by atoms with van der Waals surface area (Å²) in [6, 6.07) is 7.51. The van der Waals surface area contributed by atoms with Gasteiger partial charge in [-0.25, -0.2) is 4.98 Å². The second kappa shape index (κ2) is 8.49. The van der Waals surface area contributed by atoms with Gasteiger partial charge < -0.3 is 14.8 Å². The molecule has 2 heterocycles. The van der Waals surface area contributed by atoms with E-state index < -0.39 is 0 Å². The molecule has 1 aromatic heterocycles. The third-order valence-electron chi connectivity index (χ3n) is 4.49. The highest BCUT2D eigenvalue weighted by atomic mass is 32.2. The van der Waals surface area contributed by atoms with Crippen LogP contribution in [0, 0.1) is 0 Å². The number of aryl methyl sites for hydroxylation is 1. The molecule has 0 bridgehead atoms. The van der Waals surface area contributed by atoms with E-state index in [2.05, 4.69) is 15.2 Å². The first-order valence-electron chi connectivity index (χ1n) is 8.73. The third kappa shape index (κ3) is 4.61. The summed E-state index contributed by atoms with van der Waals surface area (Å²) in [5.74, 6) is 0.152. The van der Waals surface area contributed by atoms with Crippen molar-refractivity contribution in [3.8, 4) is 0 Å². The minimum absolute atomic E-state index is 0.0565. The number of hydrogen-bond acceptors (Lipinski definition) is 5. The van der Waals surface area contributed by atoms with E-state index in [0.29, 0.717) is 11.6 Å². The van der Waals surface area contributed by atoms with Gasteiger partial charge in [-0.15, -0.1) is 0 Å². The minimum atomic E-state index is -0.162. The Morgan fingerprint density at radius 2 is 2.00 bits per heavy atom. The maximum atomic E-state index is 12.4. The lowest BCUT2D eigenvalue weighted by atomic mass is 10.1. The molecular formula is C18H24N4O2S. The smallest absolute Gasteiger partial charge is 0.283 e. The van der Waals surface area contributed by atoms with Gasteiger partial charge in [0.1, 0.15) is 0 Å². The van der Waals surface area contributed by atoms with Crippen LogP contribution in [-0.2, 0) is 11.8 Å². The highest BCUT2D eigenvalue weighted by molar-refractivity contribution is 7.99. The zero-order valence-corrected chi connectivity index (χ0v) is 15.3. The van der Waals surface area contributed by atoms with Crippen molar-refractivity contribution in [3.05, 3.63) is 34.6 Å². The van der Waals surface area contributed by atoms with E-state index in [9.17, 15) is 9.59 Å². The van der Waals surface area contributed by atoms with Crippen LogP contribution in [0.15, 0.2) is 34.1 Å². The van der Waals surface area contributed by atoms with Crippen molar-refractivity contribution < 1.29 is 4.79 Å². The predicted molar refractivity (Wildman–Crippen MR) is 101 cm³/mol. The summed E-state index contributed by atoms with van der Waals surface area (Å²) >= 11 is 1.20. The fourth-order valence-electron chi connectivity index (χ4n) is 3.07. The number of nitrogens with zero attached hydrogens (tertiary/aromatic N) is 3. The van der Waals surface area contributed by atoms with Gasteiger partial charge in [0, 0.05) is 20.1 Å². The molecule has 0 saturated carbocycles. The molecule has 1 aromatic carbocycles. The molecule has 1 N–H and O–H groups in total. The fraction of sp³-hybridized carbons (Fsp3) is 0.500. The predicted octanol–water partition coefficient (Wildman–Crippen LogP) is 1.63. The molecule has 0 unspecified atom stereocenters. The first-order chi connectivity index (χ1) is 12.1. The summed E-state index contributed by atoms with van der Waals surface area (Å²) in [5.41, 5.74) is 1.39. The molecule has 6 nitrogen and oxygen atoms in total. The SMILES string of the molecule is Cn1c(=O)c(SCC(=O)NCCN2CCCCC2)nc2ccccc21. The van der Waals surface area contributed by atoms with Crippen LogP contribution in [0.25, 0.3) is 11.0 Å². The van der Waals surface area contributed by atoms with Crippen molar-refractivity contribution in [1.29, 1.82) is 0 Å². The lowest BCUT2D eigenvalue weighted by Crippen LogP contribution is -2.38. The number of para-hydroxylation sites is 2. The molecule has 0 aliphatic carbocycles. The third-order valence-corrected chi connectivity index (χ3v) is 5.44. The first kappa shape index (κ1) is 17.9. The molecular weight excluding hydrogens is 336 g/mol. The summed E-state index contributed by atoms with van der Waals surface area (Å²) in [5, 5.41) is 3.30. The van der Waals surface area contributed by atoms with Crippen LogP contribution >= 0.6 is 11.8 Å². The highest BCUT2D eigenvalue weighted by Gasteiger charge is 2.12. The van der Waals surface area contributed by atoms with E-state index in [1.807, 2.05) is 24.3 Å². The average Bonchev–Trinajstić information content (AvgIpc) is 2.64. The summed E-state index contributed by atoms with van der Waals surface area (Å²) in [6.07, 6.45) is 3.81. The van der Waals surface area contributed by atoms with Gasteiger partial charge in [-0.05, 0) is 38.1 Å². The van der Waals surface area contributed by atoms with Crippen molar-refractivity contribution in [3.63, 3.8) is 0 Å². The highest BCUT2D eigenvalue weighted by Crippen LogP contribution is 2.15. The fourth-order valence-corrected chi connectivity index (χ4v) is 3.86. The van der Waals surface area contributed by atoms with E-state index in [1.165, 1.54) is 31.0 Å². The number of piperidine rings is 1. The van der Waals surface area contributed by atoms with Crippen LogP contribution in [0.5, 0.6) is 0 Å². The largest absolute Gasteiger partial charge is 0.354 e. The summed E-state index contributed by atoms with van der Waals surface area (Å²) in [7, 11) is 1.73. The van der Waals surface area contributed by atoms with E-state index >= 15 is 0 Å². The summed E-state index contributed by atoms with van der Waals surface area (Å²) < 4.78 is 1.58. The number of nitrogens with one attached hydrogen (secondary N) is 1. The van der Waals surface area contributed by atoms with Crippen LogP contribution in [0.3, 0.4) is 0 Å². The number of fused-ring (bicyclic) bond motifs is 1. The average molecular weight is 360 g/mol. The van der Waals surface area contributed by atoms with Gasteiger partial charge in [0.25, 0.3) is 5.56 Å². The number of thioether (sulfide) groups is 1. The number of amides is 1. The molecule has 1 amide bonds. The molecule has 1 saturated heterocycles. The first-order valence-corrected chi connectivity index (χ1v) is 9.71. The molecule has 1 aliphatic rings. The van der Waals surface area contributed by atoms with Crippen molar-refractivity contribution in [2.45, 2.75) is 24.3 Å². The second-order valence-electron chi connectivity index (χ2n) is 6.31. The van der Waals surface area contributed by atoms with Crippen molar-refractivity contribution in [2.75, 3.05) is 31.9 Å². The Hall–Kier alpha value is -1.86. The minimum Gasteiger partial charge on any atom is -0.354 e. The van der Waals surface area contributed by atoms with Crippen molar-refractivity contribution >= 4 is 28.7 Å². The van der Waals surface area contributed by atoms with Crippen molar-refractivity contribution in [1.82, 2.24) is 19.8 Å². The maximum Gasteiger partial charge on any atom is 0.283 e. The molecule has 2 aromatic rings. The van der Waals surface area contributed by atoms with Gasteiger partial charge in [0.2, 0.25) is 5.91 Å². The molecule has 25 heavy (non-hydrogen) atoms. The molecule has 1 fully saturated rings. The molecule has 0 radical (unpaired) electrons. The Bertz CT molecular complexity index is 799. The van der Waals surface area contributed by atoms with Crippen LogP contribution < -0.4 is 10.9 Å². The Morgan fingerprint density at radius 1 is 1.24 bits per heavy atom. The summed E-state index contributed by atoms with van der Waals surface area (Å²) in [4.78, 5) is 31.2. The zero-order chi connectivity index (χ0) is 17.6. The Morgan fingerprint density at radius 3 is 2.80 bits per heavy atom. The van der Waals surface area contributed by atoms with Gasteiger partial charge >= 0.3 is 0 Å². The number of carbonyl (C=O) groups is 1. The lowest BCUT2D eigenvalue weighted by molar-refractivity contribution is -0.118. The quantitative estimate of drug-likeness (QED) is 0.793. The number of carbonyl (C=O) groups excluding carboxylic acids is 1. The summed E-state index contributed by atoms with van der Waals surface area (Å²) in [6.45, 7) is 3.80. The van der Waals surface area contributed by atoms with E-state index in [-0.39, 0.29) is 17.2 Å². The van der Waals surface area contributed by atoms with Gasteiger partial charge in [-0.3, -0.25) is 9.59 Å². The van der Waals surface area contributed by atoms with E-state index in [1.54, 1.807) is 11.6 Å². The Balaban J connectivity index is 1.52. The number of rotatable bonds is 6. The monoisotopic (exact) mass is 360 g/mol. The molecule has 0 spiro atoms. The van der Waals surface area contributed by atoms with Gasteiger partial charge in [0.15, 0.2) is 5.03 Å². The number of benzene rings is 1. The molecule has 134 valence electrons. The van der Waals surface area contributed by atoms with Gasteiger partial charge in [0.05, 0.1) is 16.8 Å². The van der Waals surface area contributed by atoms with Crippen LogP contribution in [-0.4, -0.2) is 52.3 Å². The van der Waals surface area contributed by atoms with Gasteiger partial charge in [-0.1, -0.05) is 30.3 Å². The number of likely N-dealkylation sites (tertiary alicyclic amines) is 1. The van der Waals surface area contributed by atoms with E-state index in [0.717, 1.165) is 30.7 Å². The van der Waals surface area contributed by atoms with E-state index in [4.69, 9.17) is 0 Å². The number of aromatic nitrogens is 2. The Kier molecular flexibility index (Phi) is 6.09. The maximum absolute atomic E-state index is 12.4. The number of hydrogen-bond donors (Lipinski definition) is 1. The molecule has 1 aliphatic heterocycles. The lowest BCUT2D eigenvalue weighted by Gasteiger charge is -2.26. The normalized spacial score (nSPS) is 15.4. The topological polar surface area (TPSA) is 67.2 Å². The molecule has 7 heteroatoms. The standard InChI is InChI=1S/C18H24N4O2S/c1-21-15-8-4-3-7-14(15)20-17(18(21)24)25-13-16(23)19-9-12-22-10-5-2-6-11-22/h3-4,7-8H,2,5-6,9-13H2,1H3,(H,19,23). The van der Waals surface area contributed by atoms with Crippen LogP contribution in [0.2, 0.25) is 0 Å². The van der Waals surface area contributed by atoms with Crippen LogP contribution in [0.4, 0.5) is 0 Å². The van der Waals surface area contributed by atoms with Crippen molar-refractivity contribution in [2.24, 2.45) is 7.05 Å². The van der Waals surface area contributed by atoms with Crippen LogP contribution in [0.1, 0.15) is 19.3 Å². The van der Waals surface area contributed by atoms with Gasteiger partial charge in [-0.2, -0.15) is 0 Å². The zero-order valence-electron chi connectivity index (χ0n) is 14.5. The second-order valence-corrected chi connectivity index (χ2v) is 7.27. The Labute approximate surface area is 151 Å². The molecule has 0 atom stereocenters.